The molecule has 0 aliphatic carbocycles. The molecule has 1 fully saturated rings. The summed E-state index contributed by atoms with van der Waals surface area (Å²) < 4.78 is 32.2. The summed E-state index contributed by atoms with van der Waals surface area (Å²) in [7, 11) is -3.63. The largest absolute Gasteiger partial charge is 0.383 e. The quantitative estimate of drug-likeness (QED) is 0.832. The zero-order valence-electron chi connectivity index (χ0n) is 10.2. The second kappa shape index (κ2) is 4.83. The van der Waals surface area contributed by atoms with Gasteiger partial charge in [0.2, 0.25) is 10.0 Å². The number of pyridine rings is 1. The fraction of sp³-hybridized carbons (Fsp3) is 0.545. The van der Waals surface area contributed by atoms with Crippen LogP contribution in [-0.2, 0) is 14.8 Å². The summed E-state index contributed by atoms with van der Waals surface area (Å²) in [5.74, 6) is 0.00231. The summed E-state index contributed by atoms with van der Waals surface area (Å²) >= 11 is 0. The van der Waals surface area contributed by atoms with Crippen LogP contribution in [0.4, 0.5) is 5.82 Å². The van der Waals surface area contributed by atoms with Gasteiger partial charge in [0.1, 0.15) is 10.7 Å². The zero-order valence-corrected chi connectivity index (χ0v) is 11.0. The molecule has 6 nitrogen and oxygen atoms in total. The number of sulfonamides is 1. The van der Waals surface area contributed by atoms with Crippen molar-refractivity contribution in [2.24, 2.45) is 0 Å². The maximum Gasteiger partial charge on any atom is 0.244 e. The van der Waals surface area contributed by atoms with Crippen LogP contribution >= 0.6 is 0 Å². The maximum atomic E-state index is 12.1. The first-order valence-electron chi connectivity index (χ1n) is 5.77. The highest BCUT2D eigenvalue weighted by Gasteiger charge is 2.31. The lowest BCUT2D eigenvalue weighted by atomic mass is 10.0. The van der Waals surface area contributed by atoms with E-state index in [-0.39, 0.29) is 17.3 Å². The van der Waals surface area contributed by atoms with Crippen LogP contribution in [-0.4, -0.2) is 32.2 Å². The first-order valence-corrected chi connectivity index (χ1v) is 7.25. The molecule has 0 radical (unpaired) electrons. The molecule has 1 aliphatic rings. The Balaban J connectivity index is 2.11. The minimum atomic E-state index is -3.63. The van der Waals surface area contributed by atoms with E-state index in [9.17, 15) is 8.42 Å². The van der Waals surface area contributed by atoms with Crippen molar-refractivity contribution < 1.29 is 13.2 Å². The lowest BCUT2D eigenvalue weighted by molar-refractivity contribution is 0.0250. The van der Waals surface area contributed by atoms with Gasteiger partial charge < -0.3 is 10.5 Å². The highest BCUT2D eigenvalue weighted by molar-refractivity contribution is 7.89. The summed E-state index contributed by atoms with van der Waals surface area (Å²) in [6.45, 7) is 2.81. The highest BCUT2D eigenvalue weighted by atomic mass is 32.2. The molecule has 0 amide bonds. The number of rotatable bonds is 4. The third-order valence-electron chi connectivity index (χ3n) is 3.03. The van der Waals surface area contributed by atoms with Gasteiger partial charge in [-0.25, -0.2) is 18.1 Å². The van der Waals surface area contributed by atoms with Crippen molar-refractivity contribution in [3.8, 4) is 0 Å². The second-order valence-corrected chi connectivity index (χ2v) is 6.35. The van der Waals surface area contributed by atoms with Crippen LogP contribution in [0.1, 0.15) is 19.8 Å². The summed E-state index contributed by atoms with van der Waals surface area (Å²) in [6, 6.07) is 2.97. The number of aromatic nitrogens is 1. The average Bonchev–Trinajstić information content (AvgIpc) is 2.75. The highest BCUT2D eigenvalue weighted by Crippen LogP contribution is 2.25. The van der Waals surface area contributed by atoms with Gasteiger partial charge in [-0.3, -0.25) is 0 Å². The van der Waals surface area contributed by atoms with Crippen LogP contribution in [0.5, 0.6) is 0 Å². The molecular weight excluding hydrogens is 254 g/mol. The molecule has 18 heavy (non-hydrogen) atoms. The number of nitrogen functional groups attached to an aromatic ring is 1. The normalized spacial score (nSPS) is 24.3. The monoisotopic (exact) mass is 271 g/mol. The van der Waals surface area contributed by atoms with Gasteiger partial charge >= 0.3 is 0 Å². The van der Waals surface area contributed by atoms with Gasteiger partial charge in [0.05, 0.1) is 5.60 Å². The molecule has 0 saturated carbocycles. The van der Waals surface area contributed by atoms with Crippen molar-refractivity contribution >= 4 is 15.8 Å². The van der Waals surface area contributed by atoms with Crippen LogP contribution in [0.25, 0.3) is 0 Å². The smallest absolute Gasteiger partial charge is 0.244 e. The lowest BCUT2D eigenvalue weighted by Gasteiger charge is -2.23. The first kappa shape index (κ1) is 13.3. The molecule has 0 aromatic carbocycles. The Labute approximate surface area is 107 Å². The molecular formula is C11H17N3O3S. The first-order chi connectivity index (χ1) is 8.43. The van der Waals surface area contributed by atoms with E-state index < -0.39 is 15.6 Å². The molecule has 0 spiro atoms. The molecule has 2 rings (SSSR count). The Kier molecular flexibility index (Phi) is 3.56. The van der Waals surface area contributed by atoms with E-state index in [0.717, 1.165) is 12.8 Å². The van der Waals surface area contributed by atoms with Crippen molar-refractivity contribution in [1.29, 1.82) is 0 Å². The van der Waals surface area contributed by atoms with Crippen molar-refractivity contribution in [3.63, 3.8) is 0 Å². The molecule has 7 heteroatoms. The Bertz CT molecular complexity index is 524. The van der Waals surface area contributed by atoms with Crippen LogP contribution < -0.4 is 10.5 Å². The predicted octanol–water partition coefficient (Wildman–Crippen LogP) is 0.511. The minimum absolute atomic E-state index is 0.00231. The van der Waals surface area contributed by atoms with Crippen LogP contribution in [0.2, 0.25) is 0 Å². The number of ether oxygens (including phenoxy) is 1. The van der Waals surface area contributed by atoms with Crippen molar-refractivity contribution in [2.75, 3.05) is 18.9 Å². The molecule has 1 aromatic heterocycles. The Morgan fingerprint density at radius 2 is 2.39 bits per heavy atom. The molecule has 1 aromatic rings. The van der Waals surface area contributed by atoms with Crippen LogP contribution in [0, 0.1) is 0 Å². The third-order valence-corrected chi connectivity index (χ3v) is 4.47. The molecule has 1 unspecified atom stereocenters. The van der Waals surface area contributed by atoms with Gasteiger partial charge in [-0.1, -0.05) is 0 Å². The van der Waals surface area contributed by atoms with Crippen molar-refractivity contribution in [1.82, 2.24) is 9.71 Å². The number of anilines is 1. The molecule has 2 heterocycles. The van der Waals surface area contributed by atoms with Gasteiger partial charge in [0.15, 0.2) is 0 Å². The number of nitrogens with zero attached hydrogens (tertiary/aromatic N) is 1. The van der Waals surface area contributed by atoms with E-state index in [1.54, 1.807) is 6.07 Å². The van der Waals surface area contributed by atoms with Gasteiger partial charge in [0, 0.05) is 19.3 Å². The van der Waals surface area contributed by atoms with E-state index >= 15 is 0 Å². The van der Waals surface area contributed by atoms with Gasteiger partial charge in [0.25, 0.3) is 0 Å². The number of nitrogens with one attached hydrogen (secondary N) is 1. The lowest BCUT2D eigenvalue weighted by Crippen LogP contribution is -2.40. The fourth-order valence-electron chi connectivity index (χ4n) is 1.93. The summed E-state index contributed by atoms with van der Waals surface area (Å²) in [5, 5.41) is 0. The van der Waals surface area contributed by atoms with Crippen molar-refractivity contribution in [3.05, 3.63) is 18.3 Å². The van der Waals surface area contributed by atoms with Gasteiger partial charge in [-0.05, 0) is 31.9 Å². The standard InChI is InChI=1S/C11H17N3O3S/c1-11(5-3-7-17-11)8-14-18(15,16)9-4-2-6-13-10(9)12/h2,4,6,14H,3,5,7-8H2,1H3,(H2,12,13). The second-order valence-electron chi connectivity index (χ2n) is 4.61. The Morgan fingerprint density at radius 1 is 1.61 bits per heavy atom. The van der Waals surface area contributed by atoms with Crippen molar-refractivity contribution in [2.45, 2.75) is 30.3 Å². The molecule has 1 aliphatic heterocycles. The number of hydrogen-bond acceptors (Lipinski definition) is 5. The van der Waals surface area contributed by atoms with E-state index in [4.69, 9.17) is 10.5 Å². The Hall–Kier alpha value is -1.18. The van der Waals surface area contributed by atoms with E-state index in [2.05, 4.69) is 9.71 Å². The Morgan fingerprint density at radius 3 is 3.00 bits per heavy atom. The molecule has 100 valence electrons. The SMILES string of the molecule is CC1(CNS(=O)(=O)c2cccnc2N)CCCO1. The molecule has 0 bridgehead atoms. The summed E-state index contributed by atoms with van der Waals surface area (Å²) in [5.41, 5.74) is 5.14. The van der Waals surface area contributed by atoms with Crippen LogP contribution in [0.15, 0.2) is 23.2 Å². The minimum Gasteiger partial charge on any atom is -0.383 e. The third kappa shape index (κ3) is 2.80. The van der Waals surface area contributed by atoms with Gasteiger partial charge in [-0.2, -0.15) is 0 Å². The topological polar surface area (TPSA) is 94.3 Å². The zero-order chi connectivity index (χ0) is 13.2. The fourth-order valence-corrected chi connectivity index (χ4v) is 3.17. The van der Waals surface area contributed by atoms with E-state index in [1.807, 2.05) is 6.92 Å². The number of hydrogen-bond donors (Lipinski definition) is 2. The molecule has 3 N–H and O–H groups in total. The van der Waals surface area contributed by atoms with E-state index in [1.165, 1.54) is 12.3 Å². The van der Waals surface area contributed by atoms with E-state index in [0.29, 0.717) is 6.61 Å². The molecule has 1 atom stereocenters. The predicted molar refractivity (Wildman–Crippen MR) is 67.4 cm³/mol. The van der Waals surface area contributed by atoms with Gasteiger partial charge in [-0.15, -0.1) is 0 Å². The average molecular weight is 271 g/mol. The summed E-state index contributed by atoms with van der Waals surface area (Å²) in [6.07, 6.45) is 3.25. The maximum absolute atomic E-state index is 12.1. The molecule has 1 saturated heterocycles. The van der Waals surface area contributed by atoms with Crippen LogP contribution in [0.3, 0.4) is 0 Å². The summed E-state index contributed by atoms with van der Waals surface area (Å²) in [4.78, 5) is 3.78. The number of nitrogens with two attached hydrogens (primary N) is 1.